The Morgan fingerprint density at radius 2 is 2.13 bits per heavy atom. The second-order valence-electron chi connectivity index (χ2n) is 7.97. The van der Waals surface area contributed by atoms with Crippen LogP contribution in [0, 0.1) is 19.4 Å². The third kappa shape index (κ3) is 3.80. The number of nitrogens with zero attached hydrogens (tertiary/aromatic N) is 5. The Hall–Kier alpha value is -3.20. The van der Waals surface area contributed by atoms with Crippen molar-refractivity contribution in [2.24, 2.45) is 9.98 Å². The first kappa shape index (κ1) is 20.1. The summed E-state index contributed by atoms with van der Waals surface area (Å²) < 4.78 is 1.21. The molecule has 1 unspecified atom stereocenters. The fourth-order valence-corrected chi connectivity index (χ4v) is 4.60. The standard InChI is InChI=1S/C24H27N5O/c1-4-25-24(26-5-2)29-23(30)21-11-9-18(14-19(21)16-27-29)22-15-20(10-8-17(22)3)28-12-6-7-13-28/h1,5,8,10,15-16,18H,6-7,9,11-14H2,2-3H3/b25-24+,26-5-. The van der Waals surface area contributed by atoms with Gasteiger partial charge in [0.1, 0.15) is 0 Å². The molecule has 0 bridgehead atoms. The van der Waals surface area contributed by atoms with Crippen LogP contribution in [-0.4, -0.2) is 35.0 Å². The minimum Gasteiger partial charge on any atom is -0.372 e. The molecule has 1 aliphatic heterocycles. The number of hydrogen-bond donors (Lipinski definition) is 0. The van der Waals surface area contributed by atoms with Crippen LogP contribution in [0.5, 0.6) is 0 Å². The fraction of sp³-hybridized carbons (Fsp3) is 0.417. The van der Waals surface area contributed by atoms with Crippen molar-refractivity contribution >= 4 is 17.9 Å². The van der Waals surface area contributed by atoms with Gasteiger partial charge in [-0.25, -0.2) is 4.99 Å². The number of fused-ring (bicyclic) bond motifs is 1. The monoisotopic (exact) mass is 401 g/mol. The van der Waals surface area contributed by atoms with E-state index in [0.717, 1.165) is 37.1 Å². The zero-order valence-corrected chi connectivity index (χ0v) is 17.6. The molecule has 1 fully saturated rings. The molecule has 1 aromatic heterocycles. The van der Waals surface area contributed by atoms with E-state index in [4.69, 9.17) is 6.42 Å². The third-order valence-electron chi connectivity index (χ3n) is 6.15. The van der Waals surface area contributed by atoms with Crippen molar-refractivity contribution in [2.75, 3.05) is 18.0 Å². The van der Waals surface area contributed by atoms with Gasteiger partial charge in [-0.1, -0.05) is 12.5 Å². The molecular formula is C24H27N5O. The summed E-state index contributed by atoms with van der Waals surface area (Å²) in [7, 11) is 0. The van der Waals surface area contributed by atoms with Crippen LogP contribution in [-0.2, 0) is 12.8 Å². The lowest BCUT2D eigenvalue weighted by Crippen LogP contribution is -2.34. The van der Waals surface area contributed by atoms with Gasteiger partial charge in [-0.15, -0.1) is 0 Å². The first-order valence-electron chi connectivity index (χ1n) is 10.6. The van der Waals surface area contributed by atoms with Gasteiger partial charge in [-0.2, -0.15) is 14.8 Å². The molecule has 30 heavy (non-hydrogen) atoms. The lowest BCUT2D eigenvalue weighted by molar-refractivity contribution is 0.568. The van der Waals surface area contributed by atoms with Gasteiger partial charge in [0.05, 0.1) is 6.20 Å². The van der Waals surface area contributed by atoms with E-state index in [-0.39, 0.29) is 11.5 Å². The second kappa shape index (κ2) is 8.66. The number of aliphatic imine (C=N–C) groups is 2. The van der Waals surface area contributed by atoms with Crippen LogP contribution in [0.3, 0.4) is 0 Å². The summed E-state index contributed by atoms with van der Waals surface area (Å²) in [6, 6.07) is 9.03. The van der Waals surface area contributed by atoms with E-state index in [9.17, 15) is 4.79 Å². The molecule has 2 heterocycles. The summed E-state index contributed by atoms with van der Waals surface area (Å²) in [5.74, 6) is 0.522. The lowest BCUT2D eigenvalue weighted by Gasteiger charge is -2.27. The first-order valence-corrected chi connectivity index (χ1v) is 10.6. The minimum absolute atomic E-state index is 0.129. The van der Waals surface area contributed by atoms with Crippen LogP contribution in [0.25, 0.3) is 0 Å². The molecule has 6 nitrogen and oxygen atoms in total. The first-order chi connectivity index (χ1) is 14.6. The van der Waals surface area contributed by atoms with Gasteiger partial charge >= 0.3 is 0 Å². The van der Waals surface area contributed by atoms with Crippen molar-refractivity contribution in [1.82, 2.24) is 9.78 Å². The number of aryl methyl sites for hydroxylation is 1. The number of terminal acetylenes is 1. The number of anilines is 1. The summed E-state index contributed by atoms with van der Waals surface area (Å²) >= 11 is 0. The van der Waals surface area contributed by atoms with E-state index in [1.807, 2.05) is 0 Å². The van der Waals surface area contributed by atoms with E-state index in [1.165, 1.54) is 34.3 Å². The molecule has 6 heteroatoms. The van der Waals surface area contributed by atoms with Crippen molar-refractivity contribution in [3.05, 3.63) is 57.0 Å². The van der Waals surface area contributed by atoms with E-state index < -0.39 is 0 Å². The molecule has 0 amide bonds. The quantitative estimate of drug-likeness (QED) is 0.441. The van der Waals surface area contributed by atoms with Crippen molar-refractivity contribution in [3.63, 3.8) is 0 Å². The molecule has 154 valence electrons. The molecular weight excluding hydrogens is 374 g/mol. The smallest absolute Gasteiger partial charge is 0.277 e. The summed E-state index contributed by atoms with van der Waals surface area (Å²) in [6.45, 7) is 6.21. The number of benzene rings is 1. The SMILES string of the molecule is C#C/N=C(\N=C/C)n1ncc2c(c1=O)CCC(c1cc(N3CCCC3)ccc1C)C2. The maximum absolute atomic E-state index is 13.0. The van der Waals surface area contributed by atoms with Crippen molar-refractivity contribution in [1.29, 1.82) is 0 Å². The van der Waals surface area contributed by atoms with Crippen LogP contribution >= 0.6 is 0 Å². The lowest BCUT2D eigenvalue weighted by atomic mass is 9.79. The Morgan fingerprint density at radius 3 is 2.87 bits per heavy atom. The predicted molar refractivity (Wildman–Crippen MR) is 122 cm³/mol. The van der Waals surface area contributed by atoms with Gasteiger partial charge in [-0.3, -0.25) is 4.79 Å². The average Bonchev–Trinajstić information content (AvgIpc) is 3.29. The summed E-state index contributed by atoms with van der Waals surface area (Å²) in [6.07, 6.45) is 13.6. The highest BCUT2D eigenvalue weighted by atomic mass is 16.1. The van der Waals surface area contributed by atoms with Gasteiger partial charge in [-0.05, 0) is 80.7 Å². The van der Waals surface area contributed by atoms with Gasteiger partial charge in [0.25, 0.3) is 11.5 Å². The molecule has 0 radical (unpaired) electrons. The molecule has 2 aromatic rings. The zero-order valence-electron chi connectivity index (χ0n) is 17.6. The average molecular weight is 402 g/mol. The maximum atomic E-state index is 13.0. The Kier molecular flexibility index (Phi) is 5.80. The molecule has 1 saturated heterocycles. The predicted octanol–water partition coefficient (Wildman–Crippen LogP) is 3.31. The Labute approximate surface area is 177 Å². The molecule has 2 aliphatic rings. The molecule has 1 aromatic carbocycles. The number of aromatic nitrogens is 2. The van der Waals surface area contributed by atoms with Crippen LogP contribution in [0.2, 0.25) is 0 Å². The van der Waals surface area contributed by atoms with Crippen LogP contribution in [0.15, 0.2) is 39.2 Å². The van der Waals surface area contributed by atoms with Crippen LogP contribution < -0.4 is 10.5 Å². The molecule has 0 N–H and O–H groups in total. The highest BCUT2D eigenvalue weighted by molar-refractivity contribution is 5.89. The number of hydrogen-bond acceptors (Lipinski definition) is 4. The molecule has 1 aliphatic carbocycles. The van der Waals surface area contributed by atoms with E-state index in [0.29, 0.717) is 12.3 Å². The largest absolute Gasteiger partial charge is 0.372 e. The molecule has 4 rings (SSSR count). The Balaban J connectivity index is 1.64. The van der Waals surface area contributed by atoms with Crippen LogP contribution in [0.1, 0.15) is 54.4 Å². The second-order valence-corrected chi connectivity index (χ2v) is 7.97. The van der Waals surface area contributed by atoms with Crippen LogP contribution in [0.4, 0.5) is 5.69 Å². The third-order valence-corrected chi connectivity index (χ3v) is 6.15. The van der Waals surface area contributed by atoms with Gasteiger partial charge in [0.15, 0.2) is 0 Å². The summed E-state index contributed by atoms with van der Waals surface area (Å²) in [5.41, 5.74) is 5.66. The zero-order chi connectivity index (χ0) is 21.1. The molecule has 0 saturated carbocycles. The highest BCUT2D eigenvalue weighted by Crippen LogP contribution is 2.35. The van der Waals surface area contributed by atoms with Gasteiger partial charge in [0, 0.05) is 36.6 Å². The Morgan fingerprint density at radius 1 is 1.33 bits per heavy atom. The molecule has 1 atom stereocenters. The van der Waals surface area contributed by atoms with E-state index in [2.05, 4.69) is 51.2 Å². The van der Waals surface area contributed by atoms with Crippen molar-refractivity contribution in [3.8, 4) is 12.5 Å². The highest BCUT2D eigenvalue weighted by Gasteiger charge is 2.26. The minimum atomic E-state index is -0.173. The van der Waals surface area contributed by atoms with Gasteiger partial charge < -0.3 is 4.90 Å². The van der Waals surface area contributed by atoms with Gasteiger partial charge in [0.2, 0.25) is 0 Å². The number of rotatable bonds is 2. The summed E-state index contributed by atoms with van der Waals surface area (Å²) in [4.78, 5) is 23.4. The van der Waals surface area contributed by atoms with Crippen molar-refractivity contribution in [2.45, 2.75) is 51.9 Å². The fourth-order valence-electron chi connectivity index (χ4n) is 4.60. The van der Waals surface area contributed by atoms with E-state index >= 15 is 0 Å². The molecule has 0 spiro atoms. The maximum Gasteiger partial charge on any atom is 0.277 e. The topological polar surface area (TPSA) is 62.9 Å². The normalized spacial score (nSPS) is 19.2. The van der Waals surface area contributed by atoms with E-state index in [1.54, 1.807) is 19.3 Å². The Bertz CT molecular complexity index is 1100. The summed E-state index contributed by atoms with van der Waals surface area (Å²) in [5, 5.41) is 4.32. The van der Waals surface area contributed by atoms with Crippen molar-refractivity contribution < 1.29 is 0 Å².